The average molecular weight is 665 g/mol. The third-order valence-electron chi connectivity index (χ3n) is 7.77. The van der Waals surface area contributed by atoms with Crippen LogP contribution in [0.4, 0.5) is 13.2 Å². The van der Waals surface area contributed by atoms with E-state index >= 15 is 0 Å². The second kappa shape index (κ2) is 18.8. The summed E-state index contributed by atoms with van der Waals surface area (Å²) >= 11 is 0. The number of carboxylic acid groups (broad SMARTS) is 3. The Labute approximate surface area is 272 Å². The minimum Gasteiger partial charge on any atom is -0.478 e. The molecule has 0 aromatic heterocycles. The summed E-state index contributed by atoms with van der Waals surface area (Å²) in [4.78, 5) is 47.5. The van der Waals surface area contributed by atoms with Gasteiger partial charge in [-0.15, -0.1) is 0 Å². The van der Waals surface area contributed by atoms with E-state index in [1.807, 2.05) is 0 Å². The van der Waals surface area contributed by atoms with Gasteiger partial charge in [-0.1, -0.05) is 83.3 Å². The monoisotopic (exact) mass is 664 g/mol. The fourth-order valence-corrected chi connectivity index (χ4v) is 4.99. The van der Waals surface area contributed by atoms with E-state index < -0.39 is 65.0 Å². The maximum absolute atomic E-state index is 14.1. The second-order valence-corrected chi connectivity index (χ2v) is 11.5. The molecule has 0 radical (unpaired) electrons. The third kappa shape index (κ3) is 12.5. The van der Waals surface area contributed by atoms with Gasteiger partial charge in [-0.2, -0.15) is 13.2 Å². The molecule has 9 nitrogen and oxygen atoms in total. The van der Waals surface area contributed by atoms with Gasteiger partial charge in [0.05, 0.1) is 16.7 Å². The molecule has 0 saturated heterocycles. The summed E-state index contributed by atoms with van der Waals surface area (Å²) in [6.45, 7) is 2.18. The van der Waals surface area contributed by atoms with E-state index in [1.165, 1.54) is 44.6 Å². The Hall–Kier alpha value is -4.19. The van der Waals surface area contributed by atoms with Gasteiger partial charge in [0, 0.05) is 18.4 Å². The second-order valence-electron chi connectivity index (χ2n) is 11.5. The molecule has 0 aliphatic heterocycles. The standard InChI is InChI=1S/C35H43F3O9/c1-2-3-4-5-6-7-8-9-10-11-12-13-14-15-18-34(46,35(36,37)38)30(39)23-25-19-24(31(40)41)16-17-29(25)47-28-21-26(32(42)43)20-27(22-28)33(44)45/h14-17,19-22,46H,2-13,18,23H2,1H3,(H,40,41)(H,42,43)(H,44,45). The highest BCUT2D eigenvalue weighted by atomic mass is 19.4. The molecule has 0 spiro atoms. The molecule has 47 heavy (non-hydrogen) atoms. The molecule has 0 heterocycles. The lowest BCUT2D eigenvalue weighted by atomic mass is 9.88. The van der Waals surface area contributed by atoms with Gasteiger partial charge in [-0.3, -0.25) is 4.79 Å². The van der Waals surface area contributed by atoms with Gasteiger partial charge < -0.3 is 25.2 Å². The zero-order valence-corrected chi connectivity index (χ0v) is 26.5. The Bertz CT molecular complexity index is 1370. The lowest BCUT2D eigenvalue weighted by molar-refractivity contribution is -0.249. The van der Waals surface area contributed by atoms with E-state index in [0.29, 0.717) is 6.42 Å². The number of aliphatic hydroxyl groups is 1. The SMILES string of the molecule is CCCCCCCCCCCCCC=CCC(O)(C(=O)Cc1cc(C(=O)O)ccc1Oc1cc(C(=O)O)cc(C(=O)O)c1)C(F)(F)F. The maximum atomic E-state index is 14.1. The van der Waals surface area contributed by atoms with Crippen molar-refractivity contribution in [3.8, 4) is 11.5 Å². The first-order chi connectivity index (χ1) is 22.2. The number of halogens is 3. The number of hydrogen-bond acceptors (Lipinski definition) is 6. The number of aromatic carboxylic acids is 3. The number of carbonyl (C=O) groups excluding carboxylic acids is 1. The van der Waals surface area contributed by atoms with Crippen molar-refractivity contribution in [1.82, 2.24) is 0 Å². The summed E-state index contributed by atoms with van der Waals surface area (Å²) in [5.41, 5.74) is -5.46. The predicted molar refractivity (Wildman–Crippen MR) is 168 cm³/mol. The van der Waals surface area contributed by atoms with Crippen LogP contribution in [-0.4, -0.2) is 55.9 Å². The summed E-state index contributed by atoms with van der Waals surface area (Å²) in [5.74, 6) is -6.76. The molecule has 4 N–H and O–H groups in total. The molecule has 0 bridgehead atoms. The van der Waals surface area contributed by atoms with Crippen LogP contribution in [0.15, 0.2) is 48.6 Å². The summed E-state index contributed by atoms with van der Waals surface area (Å²) in [5, 5.41) is 38.7. The number of hydrogen-bond donors (Lipinski definition) is 4. The summed E-state index contributed by atoms with van der Waals surface area (Å²) in [7, 11) is 0. The molecule has 0 aliphatic carbocycles. The van der Waals surface area contributed by atoms with Gasteiger partial charge in [-0.05, 0) is 49.2 Å². The number of Topliss-reactive ketones (excluding diaryl/α,β-unsaturated/α-hetero) is 1. The number of ether oxygens (including phenoxy) is 1. The largest absolute Gasteiger partial charge is 0.478 e. The van der Waals surface area contributed by atoms with Gasteiger partial charge in [-0.25, -0.2) is 14.4 Å². The van der Waals surface area contributed by atoms with Gasteiger partial charge in [0.1, 0.15) is 11.5 Å². The summed E-state index contributed by atoms with van der Waals surface area (Å²) in [6, 6.07) is 5.76. The van der Waals surface area contributed by atoms with Crippen LogP contribution in [0, 0.1) is 0 Å². The summed E-state index contributed by atoms with van der Waals surface area (Å²) in [6.07, 6.45) is 7.96. The van der Waals surface area contributed by atoms with Crippen molar-refractivity contribution in [3.05, 3.63) is 70.8 Å². The molecule has 0 aliphatic rings. The number of rotatable bonds is 22. The first-order valence-electron chi connectivity index (χ1n) is 15.8. The van der Waals surface area contributed by atoms with Crippen LogP contribution in [0.3, 0.4) is 0 Å². The van der Waals surface area contributed by atoms with Crippen molar-refractivity contribution in [1.29, 1.82) is 0 Å². The van der Waals surface area contributed by atoms with E-state index in [1.54, 1.807) is 0 Å². The number of alkyl halides is 3. The molecule has 0 fully saturated rings. The smallest absolute Gasteiger partial charge is 0.424 e. The lowest BCUT2D eigenvalue weighted by Crippen LogP contribution is -2.52. The number of benzene rings is 2. The first kappa shape index (κ1) is 39.0. The van der Waals surface area contributed by atoms with E-state index in [2.05, 4.69) is 6.92 Å². The van der Waals surface area contributed by atoms with Gasteiger partial charge in [0.15, 0.2) is 5.78 Å². The zero-order chi connectivity index (χ0) is 35.0. The Morgan fingerprint density at radius 2 is 1.21 bits per heavy atom. The molecule has 258 valence electrons. The average Bonchev–Trinajstić information content (AvgIpc) is 3.00. The molecule has 12 heteroatoms. The van der Waals surface area contributed by atoms with Gasteiger partial charge in [0.2, 0.25) is 5.60 Å². The van der Waals surface area contributed by atoms with E-state index in [-0.39, 0.29) is 17.1 Å². The maximum Gasteiger partial charge on any atom is 0.424 e. The number of ketones is 1. The molecule has 2 rings (SSSR count). The van der Waals surface area contributed by atoms with E-state index in [4.69, 9.17) is 4.74 Å². The summed E-state index contributed by atoms with van der Waals surface area (Å²) < 4.78 is 47.8. The van der Waals surface area contributed by atoms with Crippen LogP contribution in [0.1, 0.15) is 127 Å². The predicted octanol–water partition coefficient (Wildman–Crippen LogP) is 8.63. The molecule has 2 aromatic rings. The van der Waals surface area contributed by atoms with Crippen LogP contribution < -0.4 is 4.74 Å². The minimum absolute atomic E-state index is 0.334. The number of allylic oxidation sites excluding steroid dienone is 1. The third-order valence-corrected chi connectivity index (χ3v) is 7.77. The first-order valence-corrected chi connectivity index (χ1v) is 15.8. The number of unbranched alkanes of at least 4 members (excludes halogenated alkanes) is 11. The lowest BCUT2D eigenvalue weighted by Gasteiger charge is -2.28. The minimum atomic E-state index is -5.36. The van der Waals surface area contributed by atoms with Crippen molar-refractivity contribution >= 4 is 23.7 Å². The Balaban J connectivity index is 2.11. The van der Waals surface area contributed by atoms with Crippen molar-refractivity contribution in [3.63, 3.8) is 0 Å². The van der Waals surface area contributed by atoms with Crippen LogP contribution in [0.5, 0.6) is 11.5 Å². The Morgan fingerprint density at radius 1 is 0.702 bits per heavy atom. The molecule has 1 unspecified atom stereocenters. The van der Waals surface area contributed by atoms with Crippen molar-refractivity contribution in [2.75, 3.05) is 0 Å². The molecule has 1 atom stereocenters. The topological polar surface area (TPSA) is 158 Å². The van der Waals surface area contributed by atoms with Crippen molar-refractivity contribution in [2.45, 2.75) is 109 Å². The van der Waals surface area contributed by atoms with Crippen LogP contribution in [0.2, 0.25) is 0 Å². The fraction of sp³-hybridized carbons (Fsp3) is 0.486. The van der Waals surface area contributed by atoms with Crippen LogP contribution in [-0.2, 0) is 11.2 Å². The number of carboxylic acids is 3. The normalized spacial score (nSPS) is 13.0. The van der Waals surface area contributed by atoms with E-state index in [0.717, 1.165) is 74.6 Å². The zero-order valence-electron chi connectivity index (χ0n) is 26.5. The molecule has 0 saturated carbocycles. The highest BCUT2D eigenvalue weighted by Gasteiger charge is 2.58. The highest BCUT2D eigenvalue weighted by Crippen LogP contribution is 2.37. The molecule has 2 aromatic carbocycles. The molecular formula is C35H43F3O9. The van der Waals surface area contributed by atoms with Crippen LogP contribution >= 0.6 is 0 Å². The van der Waals surface area contributed by atoms with Crippen molar-refractivity contribution in [2.24, 2.45) is 0 Å². The quantitative estimate of drug-likeness (QED) is 0.0714. The van der Waals surface area contributed by atoms with E-state index in [9.17, 15) is 52.8 Å². The molecule has 0 amide bonds. The van der Waals surface area contributed by atoms with Crippen molar-refractivity contribution < 1.29 is 57.5 Å². The van der Waals surface area contributed by atoms with Crippen LogP contribution in [0.25, 0.3) is 0 Å². The Morgan fingerprint density at radius 3 is 1.70 bits per heavy atom. The Kier molecular flexibility index (Phi) is 15.6. The molecular weight excluding hydrogens is 621 g/mol. The van der Waals surface area contributed by atoms with Gasteiger partial charge in [0.25, 0.3) is 0 Å². The highest BCUT2D eigenvalue weighted by molar-refractivity contribution is 5.95. The number of carbonyl (C=O) groups is 4. The fourth-order valence-electron chi connectivity index (χ4n) is 4.99. The van der Waals surface area contributed by atoms with Gasteiger partial charge >= 0.3 is 24.1 Å².